The molecule has 2 aromatic heterocycles. The molecule has 0 amide bonds. The molecular formula is C38H24O2. The number of aryl methyl sites for hydroxylation is 1. The fourth-order valence-electron chi connectivity index (χ4n) is 6.83. The van der Waals surface area contributed by atoms with Crippen molar-refractivity contribution in [2.75, 3.05) is 0 Å². The van der Waals surface area contributed by atoms with Gasteiger partial charge in [0.1, 0.15) is 11.3 Å². The van der Waals surface area contributed by atoms with Crippen LogP contribution in [0.1, 0.15) is 17.7 Å². The lowest BCUT2D eigenvalue weighted by Gasteiger charge is -2.18. The van der Waals surface area contributed by atoms with E-state index in [1.54, 1.807) is 0 Å². The second-order valence-electron chi connectivity index (χ2n) is 10.7. The molecule has 40 heavy (non-hydrogen) atoms. The maximum atomic E-state index is 6.60. The van der Waals surface area contributed by atoms with Crippen LogP contribution in [0.2, 0.25) is 0 Å². The monoisotopic (exact) mass is 512 g/mol. The van der Waals surface area contributed by atoms with Crippen molar-refractivity contribution < 1.29 is 8.83 Å². The average Bonchev–Trinajstić information content (AvgIpc) is 3.59. The summed E-state index contributed by atoms with van der Waals surface area (Å²) in [6.45, 7) is 0. The molecule has 2 heterocycles. The van der Waals surface area contributed by atoms with E-state index in [1.807, 2.05) is 0 Å². The van der Waals surface area contributed by atoms with Crippen LogP contribution >= 0.6 is 0 Å². The molecule has 0 unspecified atom stereocenters. The quantitative estimate of drug-likeness (QED) is 0.215. The molecule has 2 heteroatoms. The molecule has 0 N–H and O–H groups in total. The Bertz CT molecular complexity index is 2260. The van der Waals surface area contributed by atoms with Gasteiger partial charge in [-0.3, -0.25) is 0 Å². The molecule has 1 aliphatic rings. The topological polar surface area (TPSA) is 26.3 Å². The van der Waals surface area contributed by atoms with E-state index in [4.69, 9.17) is 8.83 Å². The van der Waals surface area contributed by atoms with Crippen molar-refractivity contribution in [3.05, 3.63) is 127 Å². The van der Waals surface area contributed by atoms with Crippen LogP contribution in [0.15, 0.2) is 124 Å². The first-order valence-electron chi connectivity index (χ1n) is 13.9. The van der Waals surface area contributed by atoms with E-state index in [-0.39, 0.29) is 0 Å². The summed E-state index contributed by atoms with van der Waals surface area (Å²) in [5.74, 6) is 1.05. The third kappa shape index (κ3) is 2.93. The predicted molar refractivity (Wildman–Crippen MR) is 167 cm³/mol. The molecule has 188 valence electrons. The molecule has 6 aromatic carbocycles. The van der Waals surface area contributed by atoms with E-state index in [2.05, 4.69) is 121 Å². The Hall–Kier alpha value is -5.08. The second-order valence-corrected chi connectivity index (χ2v) is 10.7. The van der Waals surface area contributed by atoms with Gasteiger partial charge < -0.3 is 8.83 Å². The van der Waals surface area contributed by atoms with Crippen LogP contribution in [0, 0.1) is 0 Å². The van der Waals surface area contributed by atoms with Crippen molar-refractivity contribution in [2.45, 2.75) is 12.8 Å². The number of benzene rings is 6. The van der Waals surface area contributed by atoms with Crippen molar-refractivity contribution >= 4 is 60.5 Å². The Labute approximate surface area is 230 Å². The largest absolute Gasteiger partial charge is 0.456 e. The van der Waals surface area contributed by atoms with Gasteiger partial charge >= 0.3 is 0 Å². The number of hydrogen-bond donors (Lipinski definition) is 0. The minimum Gasteiger partial charge on any atom is -0.456 e. The van der Waals surface area contributed by atoms with E-state index < -0.39 is 0 Å². The lowest BCUT2D eigenvalue weighted by molar-refractivity contribution is 0.541. The summed E-state index contributed by atoms with van der Waals surface area (Å²) in [5.41, 5.74) is 8.67. The molecular weight excluding hydrogens is 488 g/mol. The third-order valence-electron chi connectivity index (χ3n) is 8.52. The first-order chi connectivity index (χ1) is 19.9. The van der Waals surface area contributed by atoms with Gasteiger partial charge in [-0.15, -0.1) is 0 Å². The maximum Gasteiger partial charge on any atom is 0.178 e. The van der Waals surface area contributed by atoms with Gasteiger partial charge in [0, 0.05) is 28.1 Å². The lowest BCUT2D eigenvalue weighted by atomic mass is 9.85. The Kier molecular flexibility index (Phi) is 4.48. The van der Waals surface area contributed by atoms with E-state index in [9.17, 15) is 0 Å². The van der Waals surface area contributed by atoms with Crippen molar-refractivity contribution in [3.8, 4) is 22.3 Å². The first kappa shape index (κ1) is 21.8. The van der Waals surface area contributed by atoms with Crippen LogP contribution in [0.3, 0.4) is 0 Å². The highest BCUT2D eigenvalue weighted by Crippen LogP contribution is 2.48. The minimum atomic E-state index is 0.831. The molecule has 2 nitrogen and oxygen atoms in total. The summed E-state index contributed by atoms with van der Waals surface area (Å²) >= 11 is 0. The zero-order valence-corrected chi connectivity index (χ0v) is 21.8. The molecule has 0 atom stereocenters. The Balaban J connectivity index is 1.43. The van der Waals surface area contributed by atoms with E-state index in [0.717, 1.165) is 51.5 Å². The van der Waals surface area contributed by atoms with E-state index in [1.165, 1.54) is 49.4 Å². The van der Waals surface area contributed by atoms with Gasteiger partial charge in [0.25, 0.3) is 0 Å². The molecule has 8 aromatic rings. The molecule has 0 radical (unpaired) electrons. The third-order valence-corrected chi connectivity index (χ3v) is 8.52. The molecule has 0 saturated carbocycles. The number of rotatable bonds is 2. The number of fused-ring (bicyclic) bond motifs is 9. The van der Waals surface area contributed by atoms with Crippen LogP contribution in [0.4, 0.5) is 0 Å². The molecule has 0 spiro atoms. The van der Waals surface area contributed by atoms with Crippen LogP contribution in [-0.2, 0) is 6.42 Å². The second kappa shape index (κ2) is 8.21. The summed E-state index contributed by atoms with van der Waals surface area (Å²) < 4.78 is 13.0. The van der Waals surface area contributed by atoms with E-state index in [0.29, 0.717) is 0 Å². The van der Waals surface area contributed by atoms with Crippen LogP contribution in [0.5, 0.6) is 0 Å². The van der Waals surface area contributed by atoms with E-state index >= 15 is 0 Å². The fourth-order valence-corrected chi connectivity index (χ4v) is 6.83. The molecule has 0 saturated heterocycles. The Morgan fingerprint density at radius 1 is 0.500 bits per heavy atom. The van der Waals surface area contributed by atoms with Gasteiger partial charge in [0.2, 0.25) is 0 Å². The Morgan fingerprint density at radius 3 is 1.90 bits per heavy atom. The van der Waals surface area contributed by atoms with Gasteiger partial charge in [-0.2, -0.15) is 0 Å². The number of allylic oxidation sites excluding steroid dienone is 1. The summed E-state index contributed by atoms with van der Waals surface area (Å²) in [5, 5.41) is 8.33. The minimum absolute atomic E-state index is 0.831. The molecule has 0 aliphatic heterocycles. The predicted octanol–water partition coefficient (Wildman–Crippen LogP) is 10.9. The average molecular weight is 513 g/mol. The highest BCUT2D eigenvalue weighted by Gasteiger charge is 2.23. The molecule has 9 rings (SSSR count). The number of hydrogen-bond acceptors (Lipinski definition) is 2. The smallest absolute Gasteiger partial charge is 0.178 e. The van der Waals surface area contributed by atoms with Crippen LogP contribution < -0.4 is 0 Å². The maximum absolute atomic E-state index is 6.60. The summed E-state index contributed by atoms with van der Waals surface area (Å²) in [4.78, 5) is 0. The summed E-state index contributed by atoms with van der Waals surface area (Å²) in [6, 6.07) is 39.2. The van der Waals surface area contributed by atoms with Gasteiger partial charge in [-0.1, -0.05) is 103 Å². The van der Waals surface area contributed by atoms with Crippen LogP contribution in [0.25, 0.3) is 82.8 Å². The van der Waals surface area contributed by atoms with Crippen molar-refractivity contribution in [1.29, 1.82) is 0 Å². The SMILES string of the molecule is C1=Cc2c(oc3c2ccc2c3oc3cccc(-c4c5ccccc5c(-c5ccccc5)c5ccccc45)c32)CC1. The van der Waals surface area contributed by atoms with Crippen molar-refractivity contribution in [2.24, 2.45) is 0 Å². The zero-order valence-electron chi connectivity index (χ0n) is 21.8. The van der Waals surface area contributed by atoms with Gasteiger partial charge in [-0.25, -0.2) is 0 Å². The standard InChI is InChI=1S/C38H24O2/c1-2-11-23(12-3-1)34-25-14-4-6-16-27(25)35(28-17-7-5-15-26(28)34)30-18-10-20-33-36(30)31-22-21-29-24-13-8-9-19-32(24)39-37(29)38(31)40-33/h1-8,10-18,20-22H,9,19H2. The Morgan fingerprint density at radius 2 is 1.15 bits per heavy atom. The van der Waals surface area contributed by atoms with Crippen molar-refractivity contribution in [1.82, 2.24) is 0 Å². The zero-order chi connectivity index (χ0) is 26.2. The normalized spacial score (nSPS) is 13.2. The molecule has 1 aliphatic carbocycles. The fraction of sp³-hybridized carbons (Fsp3) is 0.0526. The van der Waals surface area contributed by atoms with Gasteiger partial charge in [0.15, 0.2) is 11.2 Å². The van der Waals surface area contributed by atoms with Gasteiger partial charge in [0.05, 0.1) is 0 Å². The highest BCUT2D eigenvalue weighted by molar-refractivity contribution is 6.26. The number of furan rings is 2. The van der Waals surface area contributed by atoms with Crippen LogP contribution in [-0.4, -0.2) is 0 Å². The lowest BCUT2D eigenvalue weighted by Crippen LogP contribution is -1.91. The van der Waals surface area contributed by atoms with Crippen molar-refractivity contribution in [3.63, 3.8) is 0 Å². The highest BCUT2D eigenvalue weighted by atomic mass is 16.4. The molecule has 0 fully saturated rings. The van der Waals surface area contributed by atoms with Gasteiger partial charge in [-0.05, 0) is 68.4 Å². The molecule has 0 bridgehead atoms. The summed E-state index contributed by atoms with van der Waals surface area (Å²) in [7, 11) is 0. The first-order valence-corrected chi connectivity index (χ1v) is 13.9. The summed E-state index contributed by atoms with van der Waals surface area (Å²) in [6.07, 6.45) is 6.36.